The average molecular weight is 274 g/mol. The summed E-state index contributed by atoms with van der Waals surface area (Å²) in [6, 6.07) is 5.76. The summed E-state index contributed by atoms with van der Waals surface area (Å²) in [5.41, 5.74) is 1.63. The molecule has 4 heteroatoms. The van der Waals surface area contributed by atoms with E-state index in [1.54, 1.807) is 0 Å². The van der Waals surface area contributed by atoms with Gasteiger partial charge in [-0.05, 0) is 30.4 Å². The lowest BCUT2D eigenvalue weighted by molar-refractivity contribution is 0.0779. The summed E-state index contributed by atoms with van der Waals surface area (Å²) in [4.78, 5) is 14.7. The van der Waals surface area contributed by atoms with Crippen LogP contribution in [-0.2, 0) is 0 Å². The standard InChI is InChI=1S/C16H22N2O2/c1-11(2)12-6-8-18(10-12)16(19)13-4-3-5-14-15(13)20-9-7-17-14/h3-5,11-12,17H,6-10H2,1-2H3. The molecule has 0 saturated carbocycles. The fourth-order valence-electron chi connectivity index (χ4n) is 3.03. The maximum atomic E-state index is 12.7. The van der Waals surface area contributed by atoms with E-state index in [-0.39, 0.29) is 5.91 Å². The average Bonchev–Trinajstić information content (AvgIpc) is 2.96. The van der Waals surface area contributed by atoms with Crippen LogP contribution in [0.4, 0.5) is 5.69 Å². The van der Waals surface area contributed by atoms with Gasteiger partial charge in [-0.1, -0.05) is 19.9 Å². The molecule has 1 amide bonds. The molecule has 20 heavy (non-hydrogen) atoms. The number of benzene rings is 1. The molecule has 3 rings (SSSR count). The molecule has 1 saturated heterocycles. The number of anilines is 1. The molecular weight excluding hydrogens is 252 g/mol. The van der Waals surface area contributed by atoms with Gasteiger partial charge in [0.2, 0.25) is 0 Å². The third-order valence-electron chi connectivity index (χ3n) is 4.36. The van der Waals surface area contributed by atoms with Crippen LogP contribution in [0.25, 0.3) is 0 Å². The first-order valence-corrected chi connectivity index (χ1v) is 7.46. The summed E-state index contributed by atoms with van der Waals surface area (Å²) in [5, 5.41) is 3.28. The molecule has 0 spiro atoms. The minimum Gasteiger partial charge on any atom is -0.489 e. The Morgan fingerprint density at radius 2 is 2.30 bits per heavy atom. The quantitative estimate of drug-likeness (QED) is 0.901. The zero-order valence-corrected chi connectivity index (χ0v) is 12.2. The van der Waals surface area contributed by atoms with E-state index >= 15 is 0 Å². The van der Waals surface area contributed by atoms with Crippen LogP contribution >= 0.6 is 0 Å². The lowest BCUT2D eigenvalue weighted by Crippen LogP contribution is -2.30. The Morgan fingerprint density at radius 3 is 3.05 bits per heavy atom. The molecule has 0 aliphatic carbocycles. The number of ether oxygens (including phenoxy) is 1. The second kappa shape index (κ2) is 5.35. The molecule has 108 valence electrons. The van der Waals surface area contributed by atoms with Crippen molar-refractivity contribution < 1.29 is 9.53 Å². The fraction of sp³-hybridized carbons (Fsp3) is 0.562. The van der Waals surface area contributed by atoms with Gasteiger partial charge in [-0.3, -0.25) is 4.79 Å². The zero-order valence-electron chi connectivity index (χ0n) is 12.2. The van der Waals surface area contributed by atoms with E-state index in [1.165, 1.54) is 0 Å². The molecule has 2 heterocycles. The van der Waals surface area contributed by atoms with Crippen LogP contribution in [-0.4, -0.2) is 37.0 Å². The van der Waals surface area contributed by atoms with Crippen LogP contribution in [0.2, 0.25) is 0 Å². The molecule has 0 bridgehead atoms. The smallest absolute Gasteiger partial charge is 0.257 e. The van der Waals surface area contributed by atoms with E-state index in [2.05, 4.69) is 19.2 Å². The molecule has 2 aliphatic heterocycles. The SMILES string of the molecule is CC(C)C1CCN(C(=O)c2cccc3c2OCCN3)C1. The van der Waals surface area contributed by atoms with E-state index in [4.69, 9.17) is 4.74 Å². The minimum atomic E-state index is 0.105. The van der Waals surface area contributed by atoms with Crippen LogP contribution in [0.3, 0.4) is 0 Å². The molecule has 1 atom stereocenters. The molecule has 1 fully saturated rings. The number of likely N-dealkylation sites (tertiary alicyclic amines) is 1. The highest BCUT2D eigenvalue weighted by Crippen LogP contribution is 2.33. The van der Waals surface area contributed by atoms with Crippen molar-refractivity contribution in [1.29, 1.82) is 0 Å². The Bertz CT molecular complexity index is 513. The van der Waals surface area contributed by atoms with Gasteiger partial charge in [0.15, 0.2) is 5.75 Å². The zero-order chi connectivity index (χ0) is 14.1. The number of nitrogens with zero attached hydrogens (tertiary/aromatic N) is 1. The Kier molecular flexibility index (Phi) is 3.55. The van der Waals surface area contributed by atoms with Crippen molar-refractivity contribution >= 4 is 11.6 Å². The molecule has 1 aromatic rings. The topological polar surface area (TPSA) is 41.6 Å². The third-order valence-corrected chi connectivity index (χ3v) is 4.36. The Hall–Kier alpha value is -1.71. The van der Waals surface area contributed by atoms with E-state index in [9.17, 15) is 4.79 Å². The van der Waals surface area contributed by atoms with Gasteiger partial charge in [-0.15, -0.1) is 0 Å². The molecule has 1 N–H and O–H groups in total. The second-order valence-electron chi connectivity index (χ2n) is 6.00. The van der Waals surface area contributed by atoms with Crippen molar-refractivity contribution in [2.45, 2.75) is 20.3 Å². The second-order valence-corrected chi connectivity index (χ2v) is 6.00. The lowest BCUT2D eigenvalue weighted by atomic mass is 9.95. The summed E-state index contributed by atoms with van der Waals surface area (Å²) in [6.07, 6.45) is 1.11. The highest BCUT2D eigenvalue weighted by Gasteiger charge is 2.30. The number of nitrogens with one attached hydrogen (secondary N) is 1. The number of carbonyl (C=O) groups excluding carboxylic acids is 1. The van der Waals surface area contributed by atoms with E-state index in [1.807, 2.05) is 23.1 Å². The summed E-state index contributed by atoms with van der Waals surface area (Å²) in [5.74, 6) is 2.08. The van der Waals surface area contributed by atoms with Gasteiger partial charge in [0.1, 0.15) is 6.61 Å². The molecule has 0 aromatic heterocycles. The maximum absolute atomic E-state index is 12.7. The maximum Gasteiger partial charge on any atom is 0.257 e. The highest BCUT2D eigenvalue weighted by molar-refractivity contribution is 5.99. The van der Waals surface area contributed by atoms with Crippen LogP contribution in [0.5, 0.6) is 5.75 Å². The fourth-order valence-corrected chi connectivity index (χ4v) is 3.03. The summed E-state index contributed by atoms with van der Waals surface area (Å²) in [6.45, 7) is 7.61. The van der Waals surface area contributed by atoms with Crippen LogP contribution in [0, 0.1) is 11.8 Å². The number of fused-ring (bicyclic) bond motifs is 1. The third kappa shape index (κ3) is 2.35. The van der Waals surface area contributed by atoms with Crippen LogP contribution < -0.4 is 10.1 Å². The normalized spacial score (nSPS) is 21.4. The Balaban J connectivity index is 1.81. The summed E-state index contributed by atoms with van der Waals surface area (Å²) in [7, 11) is 0. The number of amides is 1. The van der Waals surface area contributed by atoms with Crippen molar-refractivity contribution in [1.82, 2.24) is 4.90 Å². The molecule has 1 aromatic carbocycles. The van der Waals surface area contributed by atoms with Gasteiger partial charge in [-0.2, -0.15) is 0 Å². The first-order chi connectivity index (χ1) is 9.66. The minimum absolute atomic E-state index is 0.105. The largest absolute Gasteiger partial charge is 0.489 e. The van der Waals surface area contributed by atoms with Crippen LogP contribution in [0.15, 0.2) is 18.2 Å². The first kappa shape index (κ1) is 13.3. The van der Waals surface area contributed by atoms with Gasteiger partial charge < -0.3 is 15.0 Å². The highest BCUT2D eigenvalue weighted by atomic mass is 16.5. The number of hydrogen-bond donors (Lipinski definition) is 1. The Labute approximate surface area is 120 Å². The number of para-hydroxylation sites is 1. The molecule has 0 radical (unpaired) electrons. The predicted octanol–water partition coefficient (Wildman–Crippen LogP) is 2.61. The van der Waals surface area contributed by atoms with Crippen molar-refractivity contribution in [2.75, 3.05) is 31.6 Å². The van der Waals surface area contributed by atoms with Gasteiger partial charge >= 0.3 is 0 Å². The van der Waals surface area contributed by atoms with Crippen molar-refractivity contribution in [3.05, 3.63) is 23.8 Å². The van der Waals surface area contributed by atoms with Crippen LogP contribution in [0.1, 0.15) is 30.6 Å². The lowest BCUT2D eigenvalue weighted by Gasteiger charge is -2.24. The number of hydrogen-bond acceptors (Lipinski definition) is 3. The van der Waals surface area contributed by atoms with E-state index in [0.717, 1.165) is 37.5 Å². The van der Waals surface area contributed by atoms with E-state index < -0.39 is 0 Å². The van der Waals surface area contributed by atoms with Crippen molar-refractivity contribution in [2.24, 2.45) is 11.8 Å². The number of carbonyl (C=O) groups is 1. The van der Waals surface area contributed by atoms with E-state index in [0.29, 0.717) is 24.0 Å². The summed E-state index contributed by atoms with van der Waals surface area (Å²) >= 11 is 0. The first-order valence-electron chi connectivity index (χ1n) is 7.46. The Morgan fingerprint density at radius 1 is 1.45 bits per heavy atom. The van der Waals surface area contributed by atoms with Gasteiger partial charge in [-0.25, -0.2) is 0 Å². The van der Waals surface area contributed by atoms with Crippen molar-refractivity contribution in [3.63, 3.8) is 0 Å². The molecule has 4 nitrogen and oxygen atoms in total. The van der Waals surface area contributed by atoms with Gasteiger partial charge in [0.05, 0.1) is 11.3 Å². The molecular formula is C16H22N2O2. The monoisotopic (exact) mass is 274 g/mol. The summed E-state index contributed by atoms with van der Waals surface area (Å²) < 4.78 is 5.70. The van der Waals surface area contributed by atoms with Gasteiger partial charge in [0.25, 0.3) is 5.91 Å². The molecule has 2 aliphatic rings. The van der Waals surface area contributed by atoms with Gasteiger partial charge in [0, 0.05) is 19.6 Å². The number of rotatable bonds is 2. The molecule has 1 unspecified atom stereocenters. The predicted molar refractivity (Wildman–Crippen MR) is 79.3 cm³/mol. The van der Waals surface area contributed by atoms with Crippen molar-refractivity contribution in [3.8, 4) is 5.75 Å².